The summed E-state index contributed by atoms with van der Waals surface area (Å²) in [6.07, 6.45) is 16.6. The van der Waals surface area contributed by atoms with Crippen molar-refractivity contribution in [1.82, 2.24) is 0 Å². The van der Waals surface area contributed by atoms with Crippen molar-refractivity contribution in [2.45, 2.75) is 138 Å². The highest BCUT2D eigenvalue weighted by molar-refractivity contribution is 6.28. The second kappa shape index (κ2) is 21.0. The fourth-order valence-electron chi connectivity index (χ4n) is 6.59. The summed E-state index contributed by atoms with van der Waals surface area (Å²) in [4.78, 5) is 0. The molecular weight excluding hydrogens is 608 g/mol. The van der Waals surface area contributed by atoms with Crippen LogP contribution < -0.4 is 23.7 Å². The number of ether oxygens (including phenoxy) is 5. The van der Waals surface area contributed by atoms with Gasteiger partial charge in [0, 0.05) is 5.39 Å². The fraction of sp³-hybridized carbons (Fsp3) is 0.591. The number of benzene rings is 4. The monoisotopic (exact) mass is 672 g/mol. The molecule has 0 aliphatic rings. The van der Waals surface area contributed by atoms with Crippen LogP contribution in [0.15, 0.2) is 36.4 Å². The number of hydrogen-bond acceptors (Lipinski definition) is 5. The first-order valence-electron chi connectivity index (χ1n) is 19.7. The molecule has 0 spiro atoms. The second-order valence-corrected chi connectivity index (χ2v) is 13.6. The second-order valence-electron chi connectivity index (χ2n) is 13.6. The molecule has 4 aromatic carbocycles. The summed E-state index contributed by atoms with van der Waals surface area (Å²) < 4.78 is 32.7. The Bertz CT molecular complexity index is 1570. The van der Waals surface area contributed by atoms with Crippen molar-refractivity contribution in [2.75, 3.05) is 33.0 Å². The van der Waals surface area contributed by atoms with Crippen molar-refractivity contribution in [2.24, 2.45) is 0 Å². The van der Waals surface area contributed by atoms with Gasteiger partial charge in [0.1, 0.15) is 5.75 Å². The maximum absolute atomic E-state index is 6.76. The number of aryl methyl sites for hydroxylation is 1. The van der Waals surface area contributed by atoms with Gasteiger partial charge >= 0.3 is 0 Å². The summed E-state index contributed by atoms with van der Waals surface area (Å²) in [7, 11) is 0. The molecular formula is C44H64O5. The topological polar surface area (TPSA) is 46.2 Å². The first-order valence-corrected chi connectivity index (χ1v) is 19.7. The zero-order valence-corrected chi connectivity index (χ0v) is 31.6. The van der Waals surface area contributed by atoms with Gasteiger partial charge in [-0.05, 0) is 108 Å². The summed E-state index contributed by atoms with van der Waals surface area (Å²) >= 11 is 0. The van der Waals surface area contributed by atoms with E-state index in [1.165, 1.54) is 23.8 Å². The van der Waals surface area contributed by atoms with Gasteiger partial charge < -0.3 is 23.7 Å². The molecule has 0 saturated carbocycles. The number of rotatable bonds is 25. The molecule has 0 radical (unpaired) electrons. The van der Waals surface area contributed by atoms with Crippen molar-refractivity contribution < 1.29 is 23.7 Å². The van der Waals surface area contributed by atoms with Crippen LogP contribution >= 0.6 is 0 Å². The highest BCUT2D eigenvalue weighted by atomic mass is 16.5. The van der Waals surface area contributed by atoms with Crippen molar-refractivity contribution in [3.63, 3.8) is 0 Å². The Morgan fingerprint density at radius 1 is 0.388 bits per heavy atom. The molecule has 4 aromatic rings. The lowest BCUT2D eigenvalue weighted by Gasteiger charge is -2.21. The van der Waals surface area contributed by atoms with Gasteiger partial charge in [-0.2, -0.15) is 0 Å². The highest BCUT2D eigenvalue weighted by Gasteiger charge is 2.22. The van der Waals surface area contributed by atoms with Gasteiger partial charge in [0.05, 0.1) is 33.0 Å². The van der Waals surface area contributed by atoms with Crippen LogP contribution in [0.1, 0.15) is 136 Å². The number of unbranched alkanes of at least 4 members (excludes halogenated alkanes) is 10. The summed E-state index contributed by atoms with van der Waals surface area (Å²) in [5, 5.41) is 6.85. The lowest BCUT2D eigenvalue weighted by atomic mass is 9.90. The molecule has 5 nitrogen and oxygen atoms in total. The lowest BCUT2D eigenvalue weighted by Crippen LogP contribution is -2.05. The molecule has 0 saturated heterocycles. The van der Waals surface area contributed by atoms with E-state index in [2.05, 4.69) is 77.9 Å². The summed E-state index contributed by atoms with van der Waals surface area (Å²) in [6, 6.07) is 13.2. The Labute approximate surface area is 297 Å². The maximum atomic E-state index is 6.76. The minimum absolute atomic E-state index is 0.653. The van der Waals surface area contributed by atoms with Crippen molar-refractivity contribution in [3.05, 3.63) is 42.0 Å². The first-order chi connectivity index (χ1) is 24.1. The van der Waals surface area contributed by atoms with Crippen molar-refractivity contribution in [3.8, 4) is 28.7 Å². The number of fused-ring (bicyclic) bond motifs is 6. The molecule has 0 unspecified atom stereocenters. The van der Waals surface area contributed by atoms with Crippen LogP contribution in [0.5, 0.6) is 28.7 Å². The van der Waals surface area contributed by atoms with Gasteiger partial charge in [-0.3, -0.25) is 0 Å². The normalized spacial score (nSPS) is 11.5. The Morgan fingerprint density at radius 2 is 0.837 bits per heavy atom. The lowest BCUT2D eigenvalue weighted by molar-refractivity contribution is 0.260. The predicted molar refractivity (Wildman–Crippen MR) is 209 cm³/mol. The molecule has 0 atom stereocenters. The van der Waals surface area contributed by atoms with Crippen LogP contribution in [0.2, 0.25) is 0 Å². The van der Waals surface area contributed by atoms with E-state index in [4.69, 9.17) is 23.7 Å². The zero-order valence-electron chi connectivity index (χ0n) is 31.6. The number of hydrogen-bond donors (Lipinski definition) is 0. The van der Waals surface area contributed by atoms with E-state index in [1.807, 2.05) is 0 Å². The quantitative estimate of drug-likeness (QED) is 0.0518. The zero-order chi connectivity index (χ0) is 34.8. The molecule has 0 aliphatic carbocycles. The molecule has 270 valence electrons. The van der Waals surface area contributed by atoms with E-state index in [0.29, 0.717) is 26.4 Å². The molecule has 4 rings (SSSR count). The van der Waals surface area contributed by atoms with E-state index >= 15 is 0 Å². The summed E-state index contributed by atoms with van der Waals surface area (Å²) in [6.45, 7) is 16.7. The van der Waals surface area contributed by atoms with E-state index in [1.54, 1.807) is 0 Å². The fourth-order valence-corrected chi connectivity index (χ4v) is 6.59. The van der Waals surface area contributed by atoms with E-state index in [0.717, 1.165) is 146 Å². The Balaban J connectivity index is 1.99. The minimum Gasteiger partial charge on any atom is -0.494 e. The molecule has 0 amide bonds. The van der Waals surface area contributed by atoms with Gasteiger partial charge in [-0.1, -0.05) is 98.8 Å². The van der Waals surface area contributed by atoms with E-state index in [9.17, 15) is 0 Å². The Kier molecular flexibility index (Phi) is 16.5. The average molecular weight is 673 g/mol. The Hall–Kier alpha value is -3.34. The molecule has 0 N–H and O–H groups in total. The predicted octanol–water partition coefficient (Wildman–Crippen LogP) is 13.3. The molecule has 49 heavy (non-hydrogen) atoms. The Morgan fingerprint density at radius 3 is 1.37 bits per heavy atom. The molecule has 5 heteroatoms. The summed E-state index contributed by atoms with van der Waals surface area (Å²) in [5.74, 6) is 4.18. The maximum Gasteiger partial charge on any atom is 0.169 e. The van der Waals surface area contributed by atoms with Crippen LogP contribution in [0.25, 0.3) is 32.3 Å². The van der Waals surface area contributed by atoms with Crippen LogP contribution in [0, 0.1) is 6.92 Å². The SMILES string of the molecule is CCCCCOc1cc(C)c2c(c1)c1cc(OCCCCC)c(OCCCCC)cc1c1c(OCCCCC)c(OCCCCC)ccc21. The van der Waals surface area contributed by atoms with Gasteiger partial charge in [-0.25, -0.2) is 0 Å². The van der Waals surface area contributed by atoms with Crippen molar-refractivity contribution in [1.29, 1.82) is 0 Å². The van der Waals surface area contributed by atoms with Gasteiger partial charge in [-0.15, -0.1) is 0 Å². The third-order valence-corrected chi connectivity index (χ3v) is 9.37. The van der Waals surface area contributed by atoms with Crippen LogP contribution in [0.4, 0.5) is 0 Å². The minimum atomic E-state index is 0.653. The van der Waals surface area contributed by atoms with Crippen molar-refractivity contribution >= 4 is 32.3 Å². The largest absolute Gasteiger partial charge is 0.494 e. The van der Waals surface area contributed by atoms with E-state index < -0.39 is 0 Å². The third-order valence-electron chi connectivity index (χ3n) is 9.37. The van der Waals surface area contributed by atoms with Crippen LogP contribution in [-0.2, 0) is 0 Å². The molecule has 0 heterocycles. The summed E-state index contributed by atoms with van der Waals surface area (Å²) in [5.41, 5.74) is 1.19. The highest BCUT2D eigenvalue weighted by Crippen LogP contribution is 2.48. The first kappa shape index (κ1) is 38.5. The molecule has 0 aromatic heterocycles. The van der Waals surface area contributed by atoms with Gasteiger partial charge in [0.2, 0.25) is 0 Å². The smallest absolute Gasteiger partial charge is 0.169 e. The molecule has 0 fully saturated rings. The molecule has 0 aliphatic heterocycles. The van der Waals surface area contributed by atoms with E-state index in [-0.39, 0.29) is 0 Å². The standard InChI is InChI=1S/C44H64O5/c1-7-12-17-24-45-34-29-33(6)42-35-22-23-39(46-25-18-13-8-2)44(49-28-21-16-11-5)43(35)38-32-41(48-27-20-15-10-4)40(47-26-19-14-9-3)31-36(38)37(42)30-34/h22-23,29-32H,7-21,24-28H2,1-6H3. The molecule has 0 bridgehead atoms. The van der Waals surface area contributed by atoms with Crippen LogP contribution in [0.3, 0.4) is 0 Å². The van der Waals surface area contributed by atoms with Crippen LogP contribution in [-0.4, -0.2) is 33.0 Å². The van der Waals surface area contributed by atoms with Gasteiger partial charge in [0.25, 0.3) is 0 Å². The van der Waals surface area contributed by atoms with Gasteiger partial charge in [0.15, 0.2) is 23.0 Å². The third kappa shape index (κ3) is 10.6. The average Bonchev–Trinajstić information content (AvgIpc) is 3.11.